The third-order valence-electron chi connectivity index (χ3n) is 6.65. The molecule has 2 heterocycles. The molecule has 5 rings (SSSR count). The number of para-hydroxylation sites is 2. The molecule has 1 unspecified atom stereocenters. The molecule has 6 nitrogen and oxygen atoms in total. The van der Waals surface area contributed by atoms with Crippen LogP contribution in [0.4, 0.5) is 11.4 Å². The predicted octanol–water partition coefficient (Wildman–Crippen LogP) is 4.79. The summed E-state index contributed by atoms with van der Waals surface area (Å²) in [6.07, 6.45) is 0.570. The van der Waals surface area contributed by atoms with E-state index in [4.69, 9.17) is 21.3 Å². The molecule has 0 saturated carbocycles. The number of hydrogen-bond acceptors (Lipinski definition) is 5. The van der Waals surface area contributed by atoms with E-state index in [1.54, 1.807) is 12.0 Å². The molecular formula is C28H29ClN4O2. The van der Waals surface area contributed by atoms with Crippen LogP contribution in [-0.4, -0.2) is 56.1 Å². The van der Waals surface area contributed by atoms with Crippen molar-refractivity contribution in [3.05, 3.63) is 88.9 Å². The molecule has 2 aliphatic rings. The lowest BCUT2D eigenvalue weighted by Crippen LogP contribution is -2.53. The van der Waals surface area contributed by atoms with E-state index in [1.807, 2.05) is 73.7 Å². The minimum atomic E-state index is -0.459. The van der Waals surface area contributed by atoms with Crippen LogP contribution >= 0.6 is 11.6 Å². The molecule has 0 bridgehead atoms. The van der Waals surface area contributed by atoms with Gasteiger partial charge in [0.05, 0.1) is 18.5 Å². The van der Waals surface area contributed by atoms with E-state index in [0.717, 1.165) is 54.4 Å². The fourth-order valence-electron chi connectivity index (χ4n) is 4.70. The molecule has 180 valence electrons. The Morgan fingerprint density at radius 2 is 1.63 bits per heavy atom. The van der Waals surface area contributed by atoms with Crippen LogP contribution in [0.3, 0.4) is 0 Å². The van der Waals surface area contributed by atoms with Crippen molar-refractivity contribution >= 4 is 34.8 Å². The molecule has 3 aromatic carbocycles. The number of aliphatic imine (C=N–C) groups is 1. The molecule has 0 aliphatic carbocycles. The molecule has 0 radical (unpaired) electrons. The summed E-state index contributed by atoms with van der Waals surface area (Å²) in [7, 11) is 1.70. The van der Waals surface area contributed by atoms with E-state index in [2.05, 4.69) is 15.9 Å². The molecule has 0 aromatic heterocycles. The number of benzene rings is 3. The Bertz CT molecular complexity index is 1240. The monoisotopic (exact) mass is 488 g/mol. The summed E-state index contributed by atoms with van der Waals surface area (Å²) in [5, 5.41) is 0.641. The Hall–Kier alpha value is -3.51. The lowest BCUT2D eigenvalue weighted by molar-refractivity contribution is -0.118. The Morgan fingerprint density at radius 1 is 0.943 bits per heavy atom. The third-order valence-corrected chi connectivity index (χ3v) is 7.06. The predicted molar refractivity (Wildman–Crippen MR) is 142 cm³/mol. The molecule has 2 aliphatic heterocycles. The van der Waals surface area contributed by atoms with Gasteiger partial charge < -0.3 is 14.5 Å². The smallest absolute Gasteiger partial charge is 0.259 e. The Labute approximate surface area is 211 Å². The number of hydrogen-bond donors (Lipinski definition) is 0. The zero-order valence-corrected chi connectivity index (χ0v) is 20.8. The van der Waals surface area contributed by atoms with Crippen molar-refractivity contribution in [2.24, 2.45) is 4.99 Å². The van der Waals surface area contributed by atoms with Crippen LogP contribution in [0.5, 0.6) is 5.75 Å². The molecular weight excluding hydrogens is 460 g/mol. The molecule has 0 spiro atoms. The van der Waals surface area contributed by atoms with Gasteiger partial charge >= 0.3 is 0 Å². The zero-order chi connectivity index (χ0) is 24.4. The highest BCUT2D eigenvalue weighted by atomic mass is 35.5. The van der Waals surface area contributed by atoms with Gasteiger partial charge in [0, 0.05) is 37.6 Å². The Balaban J connectivity index is 1.41. The van der Waals surface area contributed by atoms with Crippen molar-refractivity contribution in [3.8, 4) is 5.75 Å². The summed E-state index contributed by atoms with van der Waals surface area (Å²) in [5.41, 5.74) is 3.92. The van der Waals surface area contributed by atoms with Gasteiger partial charge in [-0.25, -0.2) is 9.89 Å². The van der Waals surface area contributed by atoms with Gasteiger partial charge in [0.25, 0.3) is 5.91 Å². The highest BCUT2D eigenvalue weighted by molar-refractivity contribution is 6.32. The Morgan fingerprint density at radius 3 is 2.34 bits per heavy atom. The van der Waals surface area contributed by atoms with E-state index < -0.39 is 6.04 Å². The average molecular weight is 489 g/mol. The first-order valence-electron chi connectivity index (χ1n) is 11.9. The van der Waals surface area contributed by atoms with Gasteiger partial charge in [-0.3, -0.25) is 4.79 Å². The molecule has 7 heteroatoms. The number of rotatable bonds is 5. The van der Waals surface area contributed by atoms with Gasteiger partial charge in [-0.2, -0.15) is 0 Å². The summed E-state index contributed by atoms with van der Waals surface area (Å²) >= 11 is 6.45. The second kappa shape index (κ2) is 10.0. The number of ether oxygens (including phenoxy) is 1. The fraction of sp³-hybridized carbons (Fsp3) is 0.286. The van der Waals surface area contributed by atoms with Gasteiger partial charge in [0.2, 0.25) is 5.96 Å². The van der Waals surface area contributed by atoms with Crippen molar-refractivity contribution in [3.63, 3.8) is 0 Å². The molecule has 1 amide bonds. The van der Waals surface area contributed by atoms with Crippen LogP contribution < -0.4 is 14.5 Å². The highest BCUT2D eigenvalue weighted by Crippen LogP contribution is 2.31. The van der Waals surface area contributed by atoms with Crippen LogP contribution in [0.15, 0.2) is 77.8 Å². The van der Waals surface area contributed by atoms with Crippen molar-refractivity contribution in [2.45, 2.75) is 19.4 Å². The zero-order valence-electron chi connectivity index (χ0n) is 20.0. The Kier molecular flexibility index (Phi) is 6.64. The second-order valence-corrected chi connectivity index (χ2v) is 9.29. The summed E-state index contributed by atoms with van der Waals surface area (Å²) in [6, 6.07) is 23.4. The van der Waals surface area contributed by atoms with E-state index in [0.29, 0.717) is 17.4 Å². The van der Waals surface area contributed by atoms with Gasteiger partial charge in [-0.1, -0.05) is 60.1 Å². The SMILES string of the molecule is COc1ccccc1N1CCN(C2=NC(Cc3ccccc3)C(=O)N2c2ccc(C)c(Cl)c2)CC1. The van der Waals surface area contributed by atoms with Crippen LogP contribution in [0, 0.1) is 6.92 Å². The van der Waals surface area contributed by atoms with Crippen LogP contribution in [0.1, 0.15) is 11.1 Å². The minimum absolute atomic E-state index is 0.0177. The van der Waals surface area contributed by atoms with E-state index >= 15 is 0 Å². The van der Waals surface area contributed by atoms with E-state index in [-0.39, 0.29) is 5.91 Å². The van der Waals surface area contributed by atoms with Gasteiger partial charge in [0.1, 0.15) is 11.8 Å². The summed E-state index contributed by atoms with van der Waals surface area (Å²) in [5.74, 6) is 1.56. The molecule has 1 saturated heterocycles. The van der Waals surface area contributed by atoms with Crippen LogP contribution in [-0.2, 0) is 11.2 Å². The van der Waals surface area contributed by atoms with E-state index in [9.17, 15) is 4.79 Å². The summed E-state index contributed by atoms with van der Waals surface area (Å²) in [4.78, 5) is 24.9. The number of guanidine groups is 1. The molecule has 35 heavy (non-hydrogen) atoms. The van der Waals surface area contributed by atoms with Crippen molar-refractivity contribution < 1.29 is 9.53 Å². The van der Waals surface area contributed by atoms with Crippen LogP contribution in [0.2, 0.25) is 5.02 Å². The maximum Gasteiger partial charge on any atom is 0.259 e. The standard InChI is InChI=1S/C28H29ClN4O2/c1-20-12-13-22(19-23(20)29)33-27(34)24(18-21-8-4-3-5-9-21)30-28(33)32-16-14-31(15-17-32)25-10-6-7-11-26(25)35-2/h3-13,19,24H,14-18H2,1-2H3. The quantitative estimate of drug-likeness (QED) is 0.518. The van der Waals surface area contributed by atoms with Crippen molar-refractivity contribution in [2.75, 3.05) is 43.1 Å². The van der Waals surface area contributed by atoms with Gasteiger partial charge in [-0.15, -0.1) is 0 Å². The lowest BCUT2D eigenvalue weighted by atomic mass is 10.1. The molecule has 3 aromatic rings. The number of carbonyl (C=O) groups is 1. The van der Waals surface area contributed by atoms with Gasteiger partial charge in [0.15, 0.2) is 0 Å². The number of carbonyl (C=O) groups excluding carboxylic acids is 1. The fourth-order valence-corrected chi connectivity index (χ4v) is 4.87. The number of halogens is 1. The second-order valence-electron chi connectivity index (χ2n) is 8.89. The number of anilines is 2. The largest absolute Gasteiger partial charge is 0.495 e. The number of nitrogens with zero attached hydrogens (tertiary/aromatic N) is 4. The first kappa shape index (κ1) is 23.2. The van der Waals surface area contributed by atoms with E-state index in [1.165, 1.54) is 0 Å². The minimum Gasteiger partial charge on any atom is -0.495 e. The number of methoxy groups -OCH3 is 1. The maximum atomic E-state index is 13.6. The maximum absolute atomic E-state index is 13.6. The average Bonchev–Trinajstić information content (AvgIpc) is 3.22. The number of amides is 1. The first-order chi connectivity index (χ1) is 17.0. The topological polar surface area (TPSA) is 48.4 Å². The highest BCUT2D eigenvalue weighted by Gasteiger charge is 2.39. The molecule has 1 atom stereocenters. The number of aryl methyl sites for hydroxylation is 1. The third kappa shape index (κ3) is 4.71. The first-order valence-corrected chi connectivity index (χ1v) is 12.3. The lowest BCUT2D eigenvalue weighted by Gasteiger charge is -2.39. The van der Waals surface area contributed by atoms with Gasteiger partial charge in [-0.05, 0) is 42.3 Å². The molecule has 1 fully saturated rings. The normalized spacial score (nSPS) is 18.1. The number of piperazine rings is 1. The molecule has 0 N–H and O–H groups in total. The van der Waals surface area contributed by atoms with Crippen molar-refractivity contribution in [1.82, 2.24) is 4.90 Å². The summed E-state index contributed by atoms with van der Waals surface area (Å²) in [6.45, 7) is 5.07. The van der Waals surface area contributed by atoms with Crippen molar-refractivity contribution in [1.29, 1.82) is 0 Å². The summed E-state index contributed by atoms with van der Waals surface area (Å²) < 4.78 is 5.56. The van der Waals surface area contributed by atoms with Crippen LogP contribution in [0.25, 0.3) is 0 Å².